The van der Waals surface area contributed by atoms with E-state index in [0.717, 1.165) is 12.8 Å². The lowest BCUT2D eigenvalue weighted by Gasteiger charge is -2.26. The molecule has 4 nitrogen and oxygen atoms in total. The highest BCUT2D eigenvalue weighted by Gasteiger charge is 2.33. The predicted octanol–water partition coefficient (Wildman–Crippen LogP) is 2.03. The topological polar surface area (TPSA) is 68.3 Å². The number of carbonyl (C=O) groups is 4. The molecule has 100 valence electrons. The second-order valence-corrected chi connectivity index (χ2v) is 5.63. The van der Waals surface area contributed by atoms with E-state index in [0.29, 0.717) is 19.3 Å². The van der Waals surface area contributed by atoms with Gasteiger partial charge in [0, 0.05) is 24.7 Å². The first-order valence-electron chi connectivity index (χ1n) is 6.39. The number of hydrogen-bond acceptors (Lipinski definition) is 4. The zero-order valence-corrected chi connectivity index (χ0v) is 11.1. The van der Waals surface area contributed by atoms with E-state index < -0.39 is 0 Å². The van der Waals surface area contributed by atoms with Crippen LogP contribution in [-0.4, -0.2) is 23.1 Å². The summed E-state index contributed by atoms with van der Waals surface area (Å²) in [6, 6.07) is 0. The van der Waals surface area contributed by atoms with Crippen LogP contribution in [0.15, 0.2) is 0 Å². The molecule has 0 aromatic carbocycles. The molecule has 0 unspecified atom stereocenters. The third-order valence-corrected chi connectivity index (χ3v) is 3.45. The average Bonchev–Trinajstić information content (AvgIpc) is 2.25. The molecule has 2 saturated carbocycles. The first-order chi connectivity index (χ1) is 8.31. The highest BCUT2D eigenvalue weighted by atomic mass is 16.2. The van der Waals surface area contributed by atoms with Gasteiger partial charge in [0.05, 0.1) is 12.8 Å². The summed E-state index contributed by atoms with van der Waals surface area (Å²) in [5, 5.41) is 0. The molecule has 0 atom stereocenters. The molecule has 0 N–H and O–H groups in total. The van der Waals surface area contributed by atoms with Gasteiger partial charge in [-0.3, -0.25) is 19.2 Å². The van der Waals surface area contributed by atoms with Gasteiger partial charge in [0.2, 0.25) is 0 Å². The Labute approximate surface area is 107 Å². The van der Waals surface area contributed by atoms with E-state index in [9.17, 15) is 19.2 Å². The number of hydrogen-bond donors (Lipinski definition) is 0. The lowest BCUT2D eigenvalue weighted by Crippen LogP contribution is -2.31. The molecule has 0 bridgehead atoms. The Morgan fingerprint density at radius 1 is 0.778 bits per heavy atom. The van der Waals surface area contributed by atoms with Crippen molar-refractivity contribution in [2.75, 3.05) is 0 Å². The molecule has 0 aliphatic heterocycles. The van der Waals surface area contributed by atoms with E-state index in [1.54, 1.807) is 0 Å². The number of rotatable bonds is 0. The van der Waals surface area contributed by atoms with Crippen LogP contribution in [0.1, 0.15) is 58.8 Å². The molecule has 0 radical (unpaired) electrons. The summed E-state index contributed by atoms with van der Waals surface area (Å²) in [4.78, 5) is 42.8. The van der Waals surface area contributed by atoms with E-state index in [-0.39, 0.29) is 41.4 Å². The van der Waals surface area contributed by atoms with Gasteiger partial charge in [0.15, 0.2) is 0 Å². The van der Waals surface area contributed by atoms with Gasteiger partial charge in [0.25, 0.3) is 0 Å². The minimum absolute atomic E-state index is 0.101. The molecule has 2 aliphatic rings. The molecule has 0 amide bonds. The maximum Gasteiger partial charge on any atom is 0.145 e. The molecule has 18 heavy (non-hydrogen) atoms. The van der Waals surface area contributed by atoms with Gasteiger partial charge in [-0.15, -0.1) is 0 Å². The largest absolute Gasteiger partial charge is 0.299 e. The molecule has 2 rings (SSSR count). The summed E-state index contributed by atoms with van der Waals surface area (Å²) in [5.41, 5.74) is -0.242. The van der Waals surface area contributed by atoms with E-state index in [1.165, 1.54) is 0 Å². The SMILES string of the molecule is CC1(C)CCC(=O)CC1=O.O=C1CCCC(=O)C1. The third kappa shape index (κ3) is 4.51. The van der Waals surface area contributed by atoms with Crippen molar-refractivity contribution in [3.8, 4) is 0 Å². The van der Waals surface area contributed by atoms with Gasteiger partial charge < -0.3 is 0 Å². The fourth-order valence-electron chi connectivity index (χ4n) is 1.98. The van der Waals surface area contributed by atoms with Gasteiger partial charge >= 0.3 is 0 Å². The van der Waals surface area contributed by atoms with Crippen molar-refractivity contribution in [2.24, 2.45) is 5.41 Å². The molecule has 0 aromatic heterocycles. The smallest absolute Gasteiger partial charge is 0.145 e. The zero-order chi connectivity index (χ0) is 13.8. The molecule has 4 heteroatoms. The quantitative estimate of drug-likeness (QED) is 0.619. The standard InChI is InChI=1S/C8H12O2.C6H8O2/c1-8(2)4-3-6(9)5-7(8)10;7-5-2-1-3-6(8)4-5/h3-5H2,1-2H3;1-4H2. The van der Waals surface area contributed by atoms with Crippen molar-refractivity contribution in [1.82, 2.24) is 0 Å². The van der Waals surface area contributed by atoms with Crippen LogP contribution in [0, 0.1) is 5.41 Å². The lowest BCUT2D eigenvalue weighted by atomic mass is 9.76. The minimum Gasteiger partial charge on any atom is -0.299 e. The second-order valence-electron chi connectivity index (χ2n) is 5.63. The number of Topliss-reactive ketones (excluding diaryl/α,β-unsaturated/α-hetero) is 4. The summed E-state index contributed by atoms with van der Waals surface area (Å²) in [6.07, 6.45) is 3.67. The molecular formula is C14H20O4. The monoisotopic (exact) mass is 252 g/mol. The average molecular weight is 252 g/mol. The minimum atomic E-state index is -0.242. The van der Waals surface area contributed by atoms with Crippen LogP contribution < -0.4 is 0 Å². The van der Waals surface area contributed by atoms with Crippen LogP contribution in [0.2, 0.25) is 0 Å². The van der Waals surface area contributed by atoms with Gasteiger partial charge in [-0.25, -0.2) is 0 Å². The van der Waals surface area contributed by atoms with Crippen molar-refractivity contribution < 1.29 is 19.2 Å². The summed E-state index contributed by atoms with van der Waals surface area (Å²) in [6.45, 7) is 3.81. The lowest BCUT2D eigenvalue weighted by molar-refractivity contribution is -0.136. The van der Waals surface area contributed by atoms with Crippen molar-refractivity contribution in [3.63, 3.8) is 0 Å². The highest BCUT2D eigenvalue weighted by molar-refractivity contribution is 6.03. The molecular weight excluding hydrogens is 232 g/mol. The molecule has 0 aromatic rings. The molecule has 2 aliphatic carbocycles. The van der Waals surface area contributed by atoms with Crippen LogP contribution in [0.4, 0.5) is 0 Å². The Morgan fingerprint density at radius 3 is 1.61 bits per heavy atom. The van der Waals surface area contributed by atoms with E-state index in [2.05, 4.69) is 0 Å². The molecule has 2 fully saturated rings. The Hall–Kier alpha value is -1.32. The van der Waals surface area contributed by atoms with Crippen LogP contribution in [0.5, 0.6) is 0 Å². The third-order valence-electron chi connectivity index (χ3n) is 3.45. The van der Waals surface area contributed by atoms with Gasteiger partial charge in [-0.2, -0.15) is 0 Å². The number of ketones is 4. The van der Waals surface area contributed by atoms with Crippen molar-refractivity contribution in [1.29, 1.82) is 0 Å². The predicted molar refractivity (Wildman–Crippen MR) is 66.1 cm³/mol. The Bertz CT molecular complexity index is 365. The maximum atomic E-state index is 11.1. The fourth-order valence-corrected chi connectivity index (χ4v) is 1.98. The fraction of sp³-hybridized carbons (Fsp3) is 0.714. The van der Waals surface area contributed by atoms with Crippen LogP contribution in [-0.2, 0) is 19.2 Å². The van der Waals surface area contributed by atoms with Gasteiger partial charge in [-0.05, 0) is 12.8 Å². The Balaban J connectivity index is 0.000000184. The summed E-state index contributed by atoms with van der Waals surface area (Å²) >= 11 is 0. The first-order valence-corrected chi connectivity index (χ1v) is 6.39. The van der Waals surface area contributed by atoms with Crippen molar-refractivity contribution in [2.45, 2.75) is 58.8 Å². The number of carbonyl (C=O) groups excluding carboxylic acids is 4. The van der Waals surface area contributed by atoms with E-state index in [4.69, 9.17) is 0 Å². The summed E-state index contributed by atoms with van der Waals surface area (Å²) in [5.74, 6) is 0.426. The Kier molecular flexibility index (Phi) is 4.93. The maximum absolute atomic E-state index is 11.1. The summed E-state index contributed by atoms with van der Waals surface area (Å²) < 4.78 is 0. The summed E-state index contributed by atoms with van der Waals surface area (Å²) in [7, 11) is 0. The van der Waals surface area contributed by atoms with Crippen LogP contribution in [0.25, 0.3) is 0 Å². The van der Waals surface area contributed by atoms with E-state index >= 15 is 0 Å². The first kappa shape index (κ1) is 14.7. The van der Waals surface area contributed by atoms with Crippen LogP contribution in [0.3, 0.4) is 0 Å². The highest BCUT2D eigenvalue weighted by Crippen LogP contribution is 2.29. The zero-order valence-electron chi connectivity index (χ0n) is 11.1. The molecule has 0 heterocycles. The molecule has 0 spiro atoms. The van der Waals surface area contributed by atoms with Crippen molar-refractivity contribution in [3.05, 3.63) is 0 Å². The van der Waals surface area contributed by atoms with Gasteiger partial charge in [-0.1, -0.05) is 13.8 Å². The van der Waals surface area contributed by atoms with Crippen molar-refractivity contribution >= 4 is 23.1 Å². The van der Waals surface area contributed by atoms with E-state index in [1.807, 2.05) is 13.8 Å². The van der Waals surface area contributed by atoms with Crippen LogP contribution >= 0.6 is 0 Å². The Morgan fingerprint density at radius 2 is 1.28 bits per heavy atom. The molecule has 0 saturated heterocycles. The van der Waals surface area contributed by atoms with Gasteiger partial charge in [0.1, 0.15) is 23.1 Å². The normalized spacial score (nSPS) is 23.4. The second kappa shape index (κ2) is 6.03.